The van der Waals surface area contributed by atoms with E-state index in [4.69, 9.17) is 18.9 Å². The van der Waals surface area contributed by atoms with Crippen molar-refractivity contribution in [2.75, 3.05) is 13.2 Å². The maximum atomic E-state index is 14.3. The Morgan fingerprint density at radius 3 is 2.30 bits per heavy atom. The molecule has 3 fully saturated rings. The van der Waals surface area contributed by atoms with Crippen molar-refractivity contribution in [3.63, 3.8) is 0 Å². The molecule has 6 N–H and O–H groups in total. The smallest absolute Gasteiger partial charge is 0.407 e. The first-order valence-corrected chi connectivity index (χ1v) is 16.0. The molecule has 2 saturated carbocycles. The average Bonchev–Trinajstić information content (AvgIpc) is 2.97. The van der Waals surface area contributed by atoms with Gasteiger partial charge in [0, 0.05) is 31.1 Å². The molecule has 1 aliphatic heterocycles. The first-order valence-electron chi connectivity index (χ1n) is 16.0. The van der Waals surface area contributed by atoms with E-state index >= 15 is 0 Å². The number of rotatable bonds is 8. The number of aliphatic hydroxyl groups excluding tert-OH is 3. The highest BCUT2D eigenvalue weighted by Crippen LogP contribution is 2.63. The molecule has 1 heterocycles. The normalized spacial score (nSPS) is 39.1. The first-order chi connectivity index (χ1) is 21.7. The van der Waals surface area contributed by atoms with E-state index in [0.29, 0.717) is 0 Å². The number of aliphatic hydroxyl groups is 5. The van der Waals surface area contributed by atoms with Crippen LogP contribution in [0.2, 0.25) is 0 Å². The Labute approximate surface area is 274 Å². The fourth-order valence-corrected chi connectivity index (χ4v) is 8.16. The van der Waals surface area contributed by atoms with E-state index in [1.54, 1.807) is 46.8 Å². The summed E-state index contributed by atoms with van der Waals surface area (Å²) in [6, 6.07) is -1.14. The molecule has 0 aromatic heterocycles. The van der Waals surface area contributed by atoms with Gasteiger partial charge in [-0.05, 0) is 37.8 Å². The van der Waals surface area contributed by atoms with Gasteiger partial charge in [0.2, 0.25) is 0 Å². The van der Waals surface area contributed by atoms with Crippen LogP contribution in [-0.2, 0) is 33.3 Å². The highest BCUT2D eigenvalue weighted by atomic mass is 16.6. The maximum Gasteiger partial charge on any atom is 0.407 e. The Morgan fingerprint density at radius 1 is 1.13 bits per heavy atom. The lowest BCUT2D eigenvalue weighted by molar-refractivity contribution is -0.345. The minimum atomic E-state index is -2.21. The molecular weight excluding hydrogens is 618 g/mol. The van der Waals surface area contributed by atoms with Gasteiger partial charge in [-0.1, -0.05) is 39.8 Å². The Balaban J connectivity index is 1.79. The zero-order valence-corrected chi connectivity index (χ0v) is 28.2. The molecule has 0 spiro atoms. The highest BCUT2D eigenvalue weighted by Gasteiger charge is 2.76. The van der Waals surface area contributed by atoms with E-state index < -0.39 is 107 Å². The van der Waals surface area contributed by atoms with Crippen molar-refractivity contribution in [2.45, 2.75) is 122 Å². The Hall–Kier alpha value is -2.88. The molecule has 1 saturated heterocycles. The molecule has 14 heteroatoms. The SMILES string of the molecule is C/C=C/COC(=O)N[C@@H](C(C)C)[C@@H](O)C(=O)OC1C[C@@]2(O)[C@@H](OC(C)=O)[C@@H]3[C@]4(O)CO[C@@H]4C[C@H](O)[C@@]3(C)C(=O)[C@H](O)C(=C1C)C2(C)C. The number of fused-ring (bicyclic) bond motifs is 5. The summed E-state index contributed by atoms with van der Waals surface area (Å²) in [4.78, 5) is 52.8. The quantitative estimate of drug-likeness (QED) is 0.118. The number of amides is 1. The van der Waals surface area contributed by atoms with Crippen LogP contribution in [0.5, 0.6) is 0 Å². The topological polar surface area (TPSA) is 218 Å². The van der Waals surface area contributed by atoms with E-state index in [2.05, 4.69) is 5.32 Å². The number of hydrogen-bond donors (Lipinski definition) is 6. The minimum absolute atomic E-state index is 0.0161. The van der Waals surface area contributed by atoms with Crippen molar-refractivity contribution in [2.24, 2.45) is 22.7 Å². The molecule has 1 amide bonds. The summed E-state index contributed by atoms with van der Waals surface area (Å²) in [7, 11) is 0. The zero-order chi connectivity index (χ0) is 35.4. The van der Waals surface area contributed by atoms with Crippen molar-refractivity contribution < 1.29 is 63.7 Å². The lowest BCUT2D eigenvalue weighted by atomic mass is 9.45. The van der Waals surface area contributed by atoms with Gasteiger partial charge in [-0.25, -0.2) is 9.59 Å². The molecule has 4 rings (SSSR count). The van der Waals surface area contributed by atoms with Gasteiger partial charge in [0.15, 0.2) is 11.9 Å². The average molecular weight is 668 g/mol. The molecule has 3 aliphatic carbocycles. The standard InChI is InChI=1S/C33H49NO13/c1-9-10-11-44-29(41)34-22(15(2)3)24(38)28(40)47-18-13-33(43)27(46-17(5)35)25-31(8,19(36)12-20-32(25,42)14-45-20)26(39)23(37)21(16(18)4)30(33,6)7/h9-10,15,18-20,22-25,27,36-38,42-43H,11-14H2,1-8H3,(H,34,41)/b10-9+/t18?,19-,20+,22-,23+,24+,25-,27-,31+,32-,33+/m0/s1. The van der Waals surface area contributed by atoms with Gasteiger partial charge < -0.3 is 49.8 Å². The second kappa shape index (κ2) is 12.9. The highest BCUT2D eigenvalue weighted by molar-refractivity contribution is 5.93. The van der Waals surface area contributed by atoms with Gasteiger partial charge in [0.05, 0.1) is 30.3 Å². The van der Waals surface area contributed by atoms with Crippen molar-refractivity contribution in [3.05, 3.63) is 23.3 Å². The molecule has 0 radical (unpaired) electrons. The summed E-state index contributed by atoms with van der Waals surface area (Å²) in [5.41, 5.74) is -7.27. The summed E-state index contributed by atoms with van der Waals surface area (Å²) in [5, 5.41) is 61.4. The summed E-state index contributed by atoms with van der Waals surface area (Å²) in [6.07, 6.45) is -7.41. The third kappa shape index (κ3) is 5.80. The predicted octanol–water partition coefficient (Wildman–Crippen LogP) is 0.456. The number of ether oxygens (including phenoxy) is 4. The third-order valence-corrected chi connectivity index (χ3v) is 11.1. The van der Waals surface area contributed by atoms with E-state index in [1.165, 1.54) is 13.8 Å². The van der Waals surface area contributed by atoms with E-state index in [1.807, 2.05) is 0 Å². The number of ketones is 1. The number of alkyl carbamates (subject to hydrolysis) is 1. The fraction of sp³-hybridized carbons (Fsp3) is 0.758. The second-order valence-corrected chi connectivity index (χ2v) is 14.4. The number of hydrogen-bond acceptors (Lipinski definition) is 13. The predicted molar refractivity (Wildman–Crippen MR) is 163 cm³/mol. The van der Waals surface area contributed by atoms with Crippen LogP contribution >= 0.6 is 0 Å². The van der Waals surface area contributed by atoms with Gasteiger partial charge in [-0.15, -0.1) is 0 Å². The lowest BCUT2D eigenvalue weighted by Crippen LogP contribution is -2.81. The van der Waals surface area contributed by atoms with Gasteiger partial charge in [-0.2, -0.15) is 0 Å². The minimum Gasteiger partial charge on any atom is -0.459 e. The summed E-state index contributed by atoms with van der Waals surface area (Å²) < 4.78 is 22.1. The van der Waals surface area contributed by atoms with Crippen LogP contribution in [0.1, 0.15) is 68.2 Å². The number of nitrogens with one attached hydrogen (secondary N) is 1. The van der Waals surface area contributed by atoms with E-state index in [-0.39, 0.29) is 30.8 Å². The monoisotopic (exact) mass is 667 g/mol. The van der Waals surface area contributed by atoms with Crippen LogP contribution in [0.4, 0.5) is 4.79 Å². The maximum absolute atomic E-state index is 14.3. The first kappa shape index (κ1) is 36.9. The zero-order valence-electron chi connectivity index (χ0n) is 28.2. The Bertz CT molecular complexity index is 1340. The van der Waals surface area contributed by atoms with Crippen LogP contribution in [0.25, 0.3) is 0 Å². The molecule has 11 atom stereocenters. The Kier molecular flexibility index (Phi) is 10.1. The molecule has 1 unspecified atom stereocenters. The van der Waals surface area contributed by atoms with Crippen LogP contribution in [0.3, 0.4) is 0 Å². The van der Waals surface area contributed by atoms with Crippen molar-refractivity contribution >= 4 is 23.8 Å². The van der Waals surface area contributed by atoms with Gasteiger partial charge in [0.1, 0.15) is 36.1 Å². The molecule has 264 valence electrons. The molecule has 0 aromatic rings. The van der Waals surface area contributed by atoms with Crippen molar-refractivity contribution in [3.8, 4) is 0 Å². The van der Waals surface area contributed by atoms with E-state index in [0.717, 1.165) is 6.92 Å². The van der Waals surface area contributed by atoms with Gasteiger partial charge >= 0.3 is 18.0 Å². The van der Waals surface area contributed by atoms with Crippen molar-refractivity contribution in [1.29, 1.82) is 0 Å². The summed E-state index contributed by atoms with van der Waals surface area (Å²) >= 11 is 0. The number of carbonyl (C=O) groups excluding carboxylic acids is 4. The van der Waals surface area contributed by atoms with Crippen molar-refractivity contribution in [1.82, 2.24) is 5.32 Å². The van der Waals surface area contributed by atoms with E-state index in [9.17, 15) is 44.7 Å². The molecule has 4 aliphatic rings. The van der Waals surface area contributed by atoms with Crippen LogP contribution in [0.15, 0.2) is 23.3 Å². The summed E-state index contributed by atoms with van der Waals surface area (Å²) in [6.45, 7) is 11.8. The third-order valence-electron chi connectivity index (χ3n) is 11.1. The summed E-state index contributed by atoms with van der Waals surface area (Å²) in [5.74, 6) is -4.80. The molecule has 0 aromatic carbocycles. The van der Waals surface area contributed by atoms with Gasteiger partial charge in [0.25, 0.3) is 0 Å². The molecule has 14 nitrogen and oxygen atoms in total. The largest absolute Gasteiger partial charge is 0.459 e. The second-order valence-electron chi connectivity index (χ2n) is 14.4. The van der Waals surface area contributed by atoms with Gasteiger partial charge in [-0.3, -0.25) is 9.59 Å². The molecular formula is C33H49NO13. The number of Topliss-reactive ketones (excluding diaryl/α,β-unsaturated/α-hetero) is 1. The molecule has 2 bridgehead atoms. The number of carbonyl (C=O) groups is 4. The van der Waals surface area contributed by atoms with Crippen LogP contribution < -0.4 is 5.32 Å². The fourth-order valence-electron chi connectivity index (χ4n) is 8.16. The molecule has 47 heavy (non-hydrogen) atoms. The van der Waals surface area contributed by atoms with Crippen LogP contribution in [0, 0.1) is 22.7 Å². The lowest BCUT2D eigenvalue weighted by Gasteiger charge is -2.66. The number of allylic oxidation sites excluding steroid dienone is 1. The Morgan fingerprint density at radius 2 is 1.77 bits per heavy atom. The van der Waals surface area contributed by atoms with Crippen LogP contribution in [-0.4, -0.2) is 116 Å². The number of esters is 2.